The molecule has 1 saturated carbocycles. The van der Waals surface area contributed by atoms with Gasteiger partial charge in [-0.05, 0) is 51.1 Å². The van der Waals surface area contributed by atoms with Crippen molar-refractivity contribution in [1.82, 2.24) is 15.1 Å². The van der Waals surface area contributed by atoms with Crippen molar-refractivity contribution in [3.8, 4) is 0 Å². The summed E-state index contributed by atoms with van der Waals surface area (Å²) >= 11 is 0. The molecule has 1 heterocycles. The molecule has 2 rings (SSSR count). The molecule has 20 heavy (non-hydrogen) atoms. The highest BCUT2D eigenvalue weighted by molar-refractivity contribution is 5.80. The van der Waals surface area contributed by atoms with Gasteiger partial charge in [0.25, 0.3) is 0 Å². The average molecular weight is 280 g/mol. The fourth-order valence-corrected chi connectivity index (χ4v) is 3.62. The van der Waals surface area contributed by atoms with Crippen LogP contribution in [0.1, 0.15) is 33.1 Å². The summed E-state index contributed by atoms with van der Waals surface area (Å²) in [5.74, 6) is 3.52. The highest BCUT2D eigenvalue weighted by atomic mass is 15.3. The van der Waals surface area contributed by atoms with Crippen molar-refractivity contribution in [2.24, 2.45) is 22.7 Å². The Morgan fingerprint density at radius 2 is 1.85 bits per heavy atom. The lowest BCUT2D eigenvalue weighted by molar-refractivity contribution is 0.204. The molecule has 1 saturated heterocycles. The van der Waals surface area contributed by atoms with Gasteiger partial charge >= 0.3 is 0 Å². The van der Waals surface area contributed by atoms with Crippen LogP contribution in [-0.4, -0.2) is 62.6 Å². The van der Waals surface area contributed by atoms with Crippen LogP contribution in [0.2, 0.25) is 0 Å². The Morgan fingerprint density at radius 1 is 1.25 bits per heavy atom. The maximum absolute atomic E-state index is 4.50. The zero-order chi connectivity index (χ0) is 14.7. The quantitative estimate of drug-likeness (QED) is 0.630. The highest BCUT2D eigenvalue weighted by Gasteiger charge is 2.33. The molecule has 3 atom stereocenters. The van der Waals surface area contributed by atoms with Gasteiger partial charge in [0.15, 0.2) is 5.96 Å². The Labute approximate surface area is 124 Å². The molecule has 1 aliphatic carbocycles. The van der Waals surface area contributed by atoms with E-state index in [2.05, 4.69) is 48.1 Å². The summed E-state index contributed by atoms with van der Waals surface area (Å²) < 4.78 is 0. The fourth-order valence-electron chi connectivity index (χ4n) is 3.62. The minimum atomic E-state index is 0.645. The number of aliphatic imine (C=N–C) groups is 1. The van der Waals surface area contributed by atoms with Gasteiger partial charge in [0, 0.05) is 32.7 Å². The van der Waals surface area contributed by atoms with Crippen LogP contribution in [0.15, 0.2) is 4.99 Å². The van der Waals surface area contributed by atoms with Gasteiger partial charge in [-0.25, -0.2) is 0 Å². The van der Waals surface area contributed by atoms with Gasteiger partial charge < -0.3 is 15.1 Å². The third kappa shape index (κ3) is 4.11. The molecule has 0 aromatic heterocycles. The fraction of sp³-hybridized carbons (Fsp3) is 0.938. The maximum atomic E-state index is 4.50. The Bertz CT molecular complexity index is 323. The standard InChI is InChI=1S/C16H32N4/c1-12-8-13(2)11-20(10-12)16(17-3)18-9-15(19(4)5)14-6-7-14/h12-15H,6-11H2,1-5H3,(H,17,18). The number of guanidine groups is 1. The molecule has 3 unspecified atom stereocenters. The Morgan fingerprint density at radius 3 is 2.30 bits per heavy atom. The maximum Gasteiger partial charge on any atom is 0.193 e. The molecule has 0 bridgehead atoms. The number of rotatable bonds is 4. The molecule has 0 amide bonds. The third-order valence-corrected chi connectivity index (χ3v) is 4.68. The molecule has 0 radical (unpaired) electrons. The number of likely N-dealkylation sites (N-methyl/N-ethyl adjacent to an activating group) is 1. The molecule has 4 heteroatoms. The highest BCUT2D eigenvalue weighted by Crippen LogP contribution is 2.34. The van der Waals surface area contributed by atoms with Gasteiger partial charge in [0.1, 0.15) is 0 Å². The summed E-state index contributed by atoms with van der Waals surface area (Å²) in [6.45, 7) is 8.00. The number of nitrogens with one attached hydrogen (secondary N) is 1. The first-order chi connectivity index (χ1) is 9.51. The van der Waals surface area contributed by atoms with Crippen LogP contribution in [0.4, 0.5) is 0 Å². The van der Waals surface area contributed by atoms with Crippen LogP contribution in [0.5, 0.6) is 0 Å². The zero-order valence-electron chi connectivity index (χ0n) is 13.9. The second-order valence-corrected chi connectivity index (χ2v) is 7.15. The summed E-state index contributed by atoms with van der Waals surface area (Å²) in [7, 11) is 6.30. The Hall–Kier alpha value is -0.770. The summed E-state index contributed by atoms with van der Waals surface area (Å²) in [5, 5.41) is 3.62. The summed E-state index contributed by atoms with van der Waals surface area (Å²) in [6, 6.07) is 0.645. The predicted molar refractivity (Wildman–Crippen MR) is 86.1 cm³/mol. The second-order valence-electron chi connectivity index (χ2n) is 7.15. The molecule has 4 nitrogen and oxygen atoms in total. The van der Waals surface area contributed by atoms with E-state index in [1.165, 1.54) is 19.3 Å². The van der Waals surface area contributed by atoms with Crippen LogP contribution < -0.4 is 5.32 Å². The predicted octanol–water partition coefficient (Wildman–Crippen LogP) is 1.88. The van der Waals surface area contributed by atoms with Crippen LogP contribution in [0.3, 0.4) is 0 Å². The van der Waals surface area contributed by atoms with E-state index in [9.17, 15) is 0 Å². The lowest BCUT2D eigenvalue weighted by atomic mass is 9.92. The summed E-state index contributed by atoms with van der Waals surface area (Å²) in [6.07, 6.45) is 4.12. The van der Waals surface area contributed by atoms with Crippen LogP contribution in [0, 0.1) is 17.8 Å². The van der Waals surface area contributed by atoms with Gasteiger partial charge in [-0.3, -0.25) is 4.99 Å². The first kappa shape index (κ1) is 15.6. The van der Waals surface area contributed by atoms with Crippen molar-refractivity contribution in [2.45, 2.75) is 39.2 Å². The van der Waals surface area contributed by atoms with Crippen LogP contribution in [-0.2, 0) is 0 Å². The summed E-state index contributed by atoms with van der Waals surface area (Å²) in [5.41, 5.74) is 0. The molecular weight excluding hydrogens is 248 g/mol. The monoisotopic (exact) mass is 280 g/mol. The smallest absolute Gasteiger partial charge is 0.193 e. The van der Waals surface area contributed by atoms with E-state index in [-0.39, 0.29) is 0 Å². The van der Waals surface area contributed by atoms with Gasteiger partial charge in [-0.1, -0.05) is 13.8 Å². The molecular formula is C16H32N4. The number of nitrogens with zero attached hydrogens (tertiary/aromatic N) is 3. The molecule has 0 aromatic rings. The lowest BCUT2D eigenvalue weighted by Gasteiger charge is -2.37. The molecule has 1 N–H and O–H groups in total. The largest absolute Gasteiger partial charge is 0.355 e. The van der Waals surface area contributed by atoms with E-state index in [1.807, 2.05) is 7.05 Å². The zero-order valence-corrected chi connectivity index (χ0v) is 13.9. The Balaban J connectivity index is 1.88. The molecule has 2 fully saturated rings. The molecule has 1 aliphatic heterocycles. The average Bonchev–Trinajstić information content (AvgIpc) is 3.17. The van der Waals surface area contributed by atoms with E-state index in [0.717, 1.165) is 43.3 Å². The molecule has 2 aliphatic rings. The van der Waals surface area contributed by atoms with Crippen molar-refractivity contribution in [3.05, 3.63) is 0 Å². The number of likely N-dealkylation sites (tertiary alicyclic amines) is 1. The van der Waals surface area contributed by atoms with Gasteiger partial charge in [0.05, 0.1) is 0 Å². The van der Waals surface area contributed by atoms with E-state index < -0.39 is 0 Å². The van der Waals surface area contributed by atoms with Gasteiger partial charge in [-0.15, -0.1) is 0 Å². The van der Waals surface area contributed by atoms with Crippen molar-refractivity contribution in [1.29, 1.82) is 0 Å². The number of hydrogen-bond donors (Lipinski definition) is 1. The summed E-state index contributed by atoms with van der Waals surface area (Å²) in [4.78, 5) is 9.31. The minimum Gasteiger partial charge on any atom is -0.355 e. The van der Waals surface area contributed by atoms with Crippen LogP contribution >= 0.6 is 0 Å². The molecule has 0 aromatic carbocycles. The minimum absolute atomic E-state index is 0.645. The van der Waals surface area contributed by atoms with E-state index in [1.54, 1.807) is 0 Å². The number of hydrogen-bond acceptors (Lipinski definition) is 2. The number of piperidine rings is 1. The lowest BCUT2D eigenvalue weighted by Crippen LogP contribution is -2.51. The van der Waals surface area contributed by atoms with Gasteiger partial charge in [0.2, 0.25) is 0 Å². The third-order valence-electron chi connectivity index (χ3n) is 4.68. The Kier molecular flexibility index (Phi) is 5.30. The van der Waals surface area contributed by atoms with Crippen molar-refractivity contribution in [2.75, 3.05) is 40.8 Å². The van der Waals surface area contributed by atoms with Crippen molar-refractivity contribution >= 4 is 5.96 Å². The van der Waals surface area contributed by atoms with Gasteiger partial charge in [-0.2, -0.15) is 0 Å². The van der Waals surface area contributed by atoms with Crippen LogP contribution in [0.25, 0.3) is 0 Å². The van der Waals surface area contributed by atoms with E-state index >= 15 is 0 Å². The van der Waals surface area contributed by atoms with E-state index in [0.29, 0.717) is 6.04 Å². The first-order valence-corrected chi connectivity index (χ1v) is 8.13. The van der Waals surface area contributed by atoms with Crippen molar-refractivity contribution in [3.63, 3.8) is 0 Å². The molecule has 116 valence electrons. The first-order valence-electron chi connectivity index (χ1n) is 8.13. The SMILES string of the molecule is CN=C(NCC(C1CC1)N(C)C)N1CC(C)CC(C)C1. The topological polar surface area (TPSA) is 30.9 Å². The second kappa shape index (κ2) is 6.79. The van der Waals surface area contributed by atoms with Crippen molar-refractivity contribution < 1.29 is 0 Å². The van der Waals surface area contributed by atoms with E-state index in [4.69, 9.17) is 0 Å². The normalized spacial score (nSPS) is 29.7. The molecule has 0 spiro atoms.